The second-order valence-electron chi connectivity index (χ2n) is 6.11. The monoisotopic (exact) mass is 277 g/mol. The highest BCUT2D eigenvalue weighted by molar-refractivity contribution is 5.55. The van der Waals surface area contributed by atoms with Crippen molar-refractivity contribution in [3.63, 3.8) is 0 Å². The normalized spacial score (nSPS) is 24.1. The molecule has 112 valence electrons. The third kappa shape index (κ3) is 2.93. The van der Waals surface area contributed by atoms with Crippen LogP contribution in [0.1, 0.15) is 39.7 Å². The molecule has 0 aromatic heterocycles. The van der Waals surface area contributed by atoms with Crippen molar-refractivity contribution in [2.75, 3.05) is 18.5 Å². The SMILES string of the molecule is CCOc1ccc(NC2CC(OCC)C2(C)C)c(C)c1. The van der Waals surface area contributed by atoms with E-state index < -0.39 is 0 Å². The number of ether oxygens (including phenoxy) is 2. The van der Waals surface area contributed by atoms with Crippen LogP contribution in [-0.2, 0) is 4.74 Å². The minimum atomic E-state index is 0.182. The molecule has 1 saturated carbocycles. The summed E-state index contributed by atoms with van der Waals surface area (Å²) in [6, 6.07) is 6.71. The van der Waals surface area contributed by atoms with Crippen molar-refractivity contribution in [1.82, 2.24) is 0 Å². The van der Waals surface area contributed by atoms with Gasteiger partial charge in [0.1, 0.15) is 5.75 Å². The molecule has 2 rings (SSSR count). The van der Waals surface area contributed by atoms with Gasteiger partial charge in [-0.2, -0.15) is 0 Å². The molecule has 3 heteroatoms. The van der Waals surface area contributed by atoms with E-state index in [4.69, 9.17) is 9.47 Å². The molecule has 3 nitrogen and oxygen atoms in total. The number of rotatable bonds is 6. The smallest absolute Gasteiger partial charge is 0.119 e. The lowest BCUT2D eigenvalue weighted by atomic mass is 9.64. The Bertz CT molecular complexity index is 456. The van der Waals surface area contributed by atoms with Gasteiger partial charge in [-0.3, -0.25) is 0 Å². The molecule has 2 atom stereocenters. The number of anilines is 1. The van der Waals surface area contributed by atoms with E-state index in [1.54, 1.807) is 0 Å². The first-order chi connectivity index (χ1) is 9.48. The van der Waals surface area contributed by atoms with Gasteiger partial charge in [0.2, 0.25) is 0 Å². The highest BCUT2D eigenvalue weighted by atomic mass is 16.5. The van der Waals surface area contributed by atoms with Crippen molar-refractivity contribution in [3.8, 4) is 5.75 Å². The molecule has 1 N–H and O–H groups in total. The summed E-state index contributed by atoms with van der Waals surface area (Å²) in [5.41, 5.74) is 2.61. The highest BCUT2D eigenvalue weighted by Gasteiger charge is 2.48. The van der Waals surface area contributed by atoms with Crippen molar-refractivity contribution in [1.29, 1.82) is 0 Å². The molecule has 0 spiro atoms. The molecule has 1 fully saturated rings. The van der Waals surface area contributed by atoms with Crippen molar-refractivity contribution in [3.05, 3.63) is 23.8 Å². The summed E-state index contributed by atoms with van der Waals surface area (Å²) in [4.78, 5) is 0. The van der Waals surface area contributed by atoms with Gasteiger partial charge >= 0.3 is 0 Å². The van der Waals surface area contributed by atoms with Crippen LogP contribution in [-0.4, -0.2) is 25.4 Å². The van der Waals surface area contributed by atoms with E-state index in [-0.39, 0.29) is 5.41 Å². The Kier molecular flexibility index (Phi) is 4.59. The van der Waals surface area contributed by atoms with Crippen LogP contribution in [0.4, 0.5) is 5.69 Å². The van der Waals surface area contributed by atoms with Crippen molar-refractivity contribution < 1.29 is 9.47 Å². The zero-order valence-corrected chi connectivity index (χ0v) is 13.3. The lowest BCUT2D eigenvalue weighted by Gasteiger charge is -2.52. The van der Waals surface area contributed by atoms with Crippen LogP contribution in [0.3, 0.4) is 0 Å². The maximum atomic E-state index is 5.78. The summed E-state index contributed by atoms with van der Waals surface area (Å²) in [5, 5.41) is 3.66. The van der Waals surface area contributed by atoms with E-state index in [2.05, 4.69) is 45.1 Å². The number of benzene rings is 1. The predicted molar refractivity (Wildman–Crippen MR) is 83.6 cm³/mol. The van der Waals surface area contributed by atoms with Crippen LogP contribution >= 0.6 is 0 Å². The molecule has 20 heavy (non-hydrogen) atoms. The number of nitrogens with one attached hydrogen (secondary N) is 1. The summed E-state index contributed by atoms with van der Waals surface area (Å²) in [7, 11) is 0. The van der Waals surface area contributed by atoms with Crippen LogP contribution in [0.2, 0.25) is 0 Å². The van der Waals surface area contributed by atoms with Gasteiger partial charge in [0.25, 0.3) is 0 Å². The van der Waals surface area contributed by atoms with E-state index in [9.17, 15) is 0 Å². The predicted octanol–water partition coefficient (Wildman–Crippen LogP) is 4.01. The number of hydrogen-bond donors (Lipinski definition) is 1. The van der Waals surface area contributed by atoms with E-state index >= 15 is 0 Å². The van der Waals surface area contributed by atoms with Gasteiger partial charge < -0.3 is 14.8 Å². The van der Waals surface area contributed by atoms with Gasteiger partial charge in [-0.1, -0.05) is 13.8 Å². The maximum absolute atomic E-state index is 5.78. The number of hydrogen-bond acceptors (Lipinski definition) is 3. The van der Waals surface area contributed by atoms with Crippen molar-refractivity contribution in [2.24, 2.45) is 5.41 Å². The van der Waals surface area contributed by atoms with Crippen LogP contribution in [0, 0.1) is 12.3 Å². The quantitative estimate of drug-likeness (QED) is 0.852. The fraction of sp³-hybridized carbons (Fsp3) is 0.647. The Labute approximate surface area is 122 Å². The van der Waals surface area contributed by atoms with Gasteiger partial charge in [0.15, 0.2) is 0 Å². The Hall–Kier alpha value is -1.22. The Balaban J connectivity index is 2.01. The van der Waals surface area contributed by atoms with E-state index in [1.807, 2.05) is 13.0 Å². The molecular weight excluding hydrogens is 250 g/mol. The molecule has 0 saturated heterocycles. The second-order valence-corrected chi connectivity index (χ2v) is 6.11. The highest BCUT2D eigenvalue weighted by Crippen LogP contribution is 2.44. The zero-order chi connectivity index (χ0) is 14.8. The minimum Gasteiger partial charge on any atom is -0.494 e. The first-order valence-corrected chi connectivity index (χ1v) is 7.60. The Morgan fingerprint density at radius 1 is 1.25 bits per heavy atom. The molecular formula is C17H27NO2. The number of aryl methyl sites for hydroxylation is 1. The summed E-state index contributed by atoms with van der Waals surface area (Å²) in [5.74, 6) is 0.940. The van der Waals surface area contributed by atoms with Gasteiger partial charge in [-0.25, -0.2) is 0 Å². The third-order valence-electron chi connectivity index (χ3n) is 4.38. The van der Waals surface area contributed by atoms with Crippen LogP contribution < -0.4 is 10.1 Å². The van der Waals surface area contributed by atoms with Gasteiger partial charge in [-0.05, 0) is 51.0 Å². The molecule has 1 aromatic carbocycles. The first-order valence-electron chi connectivity index (χ1n) is 7.60. The lowest BCUT2D eigenvalue weighted by molar-refractivity contribution is -0.0976. The standard InChI is InChI=1S/C17H27NO2/c1-6-19-13-8-9-14(12(3)10-13)18-15-11-16(20-7-2)17(15,4)5/h8-10,15-16,18H,6-7,11H2,1-5H3. The summed E-state index contributed by atoms with van der Waals surface area (Å²) in [6.45, 7) is 12.2. The molecule has 1 aromatic rings. The lowest BCUT2D eigenvalue weighted by Crippen LogP contribution is -2.58. The van der Waals surface area contributed by atoms with Crippen LogP contribution in [0.15, 0.2) is 18.2 Å². The molecule has 0 amide bonds. The molecule has 0 radical (unpaired) electrons. The molecule has 1 aliphatic rings. The van der Waals surface area contributed by atoms with Crippen LogP contribution in [0.25, 0.3) is 0 Å². The Morgan fingerprint density at radius 2 is 2.00 bits per heavy atom. The van der Waals surface area contributed by atoms with Crippen molar-refractivity contribution >= 4 is 5.69 Å². The average Bonchev–Trinajstić information content (AvgIpc) is 2.40. The zero-order valence-electron chi connectivity index (χ0n) is 13.3. The van der Waals surface area contributed by atoms with E-state index in [0.29, 0.717) is 18.8 Å². The maximum Gasteiger partial charge on any atom is 0.119 e. The average molecular weight is 277 g/mol. The van der Waals surface area contributed by atoms with E-state index in [1.165, 1.54) is 11.3 Å². The molecule has 2 unspecified atom stereocenters. The summed E-state index contributed by atoms with van der Waals surface area (Å²) >= 11 is 0. The van der Waals surface area contributed by atoms with E-state index in [0.717, 1.165) is 18.8 Å². The first kappa shape index (κ1) is 15.2. The van der Waals surface area contributed by atoms with Crippen molar-refractivity contribution in [2.45, 2.75) is 53.2 Å². The fourth-order valence-corrected chi connectivity index (χ4v) is 2.86. The largest absolute Gasteiger partial charge is 0.494 e. The van der Waals surface area contributed by atoms with Gasteiger partial charge in [-0.15, -0.1) is 0 Å². The second kappa shape index (κ2) is 6.04. The molecule has 0 aliphatic heterocycles. The summed E-state index contributed by atoms with van der Waals surface area (Å²) in [6.07, 6.45) is 1.45. The Morgan fingerprint density at radius 3 is 2.55 bits per heavy atom. The summed E-state index contributed by atoms with van der Waals surface area (Å²) < 4.78 is 11.3. The van der Waals surface area contributed by atoms with Gasteiger partial charge in [0, 0.05) is 23.8 Å². The van der Waals surface area contributed by atoms with Crippen LogP contribution in [0.5, 0.6) is 5.75 Å². The third-order valence-corrected chi connectivity index (χ3v) is 4.38. The van der Waals surface area contributed by atoms with Gasteiger partial charge in [0.05, 0.1) is 12.7 Å². The fourth-order valence-electron chi connectivity index (χ4n) is 2.86. The molecule has 0 heterocycles. The molecule has 1 aliphatic carbocycles. The minimum absolute atomic E-state index is 0.182. The topological polar surface area (TPSA) is 30.5 Å². The molecule has 0 bridgehead atoms.